The van der Waals surface area contributed by atoms with E-state index in [-0.39, 0.29) is 5.56 Å². The number of amides is 1. The first-order valence-corrected chi connectivity index (χ1v) is 7.38. The van der Waals surface area contributed by atoms with E-state index in [0.29, 0.717) is 5.82 Å². The van der Waals surface area contributed by atoms with Gasteiger partial charge >= 0.3 is 0 Å². The van der Waals surface area contributed by atoms with Crippen LogP contribution in [0.15, 0.2) is 36.4 Å². The molecule has 1 N–H and O–H groups in total. The maximum Gasteiger partial charge on any atom is 0.259 e. The fraction of sp³-hybridized carbons (Fsp3) is 0.312. The smallest absolute Gasteiger partial charge is 0.259 e. The van der Waals surface area contributed by atoms with Crippen LogP contribution in [-0.2, 0) is 0 Å². The maximum absolute atomic E-state index is 13.5. The lowest BCUT2D eigenvalue weighted by atomic mass is 10.1. The zero-order chi connectivity index (χ0) is 15.4. The lowest BCUT2D eigenvalue weighted by molar-refractivity contribution is 0.102. The molecule has 0 saturated carbocycles. The fourth-order valence-electron chi connectivity index (χ4n) is 2.51. The summed E-state index contributed by atoms with van der Waals surface area (Å²) in [7, 11) is 0. The summed E-state index contributed by atoms with van der Waals surface area (Å²) >= 11 is 0. The highest BCUT2D eigenvalue weighted by Gasteiger charge is 2.14. The molecule has 1 aliphatic heterocycles. The average molecular weight is 300 g/mol. The molecule has 1 saturated heterocycles. The van der Waals surface area contributed by atoms with E-state index in [1.807, 2.05) is 6.07 Å². The van der Waals surface area contributed by atoms with Crippen LogP contribution in [0, 0.1) is 5.82 Å². The van der Waals surface area contributed by atoms with Crippen LogP contribution in [0.3, 0.4) is 0 Å². The quantitative estimate of drug-likeness (QED) is 0.947. The second kappa shape index (κ2) is 6.51. The standard InChI is InChI=1S/C16H17FN4O/c17-13-7-3-2-6-12(13)16(22)18-14-8-9-15(20-19-14)21-10-4-1-5-11-21/h2-3,6-9H,1,4-5,10-11H2,(H,18,19,22). The van der Waals surface area contributed by atoms with Crippen LogP contribution in [0.5, 0.6) is 0 Å². The Morgan fingerprint density at radius 3 is 2.50 bits per heavy atom. The zero-order valence-corrected chi connectivity index (χ0v) is 12.1. The van der Waals surface area contributed by atoms with E-state index in [2.05, 4.69) is 20.4 Å². The molecule has 1 fully saturated rings. The van der Waals surface area contributed by atoms with Gasteiger partial charge in [0.1, 0.15) is 5.82 Å². The molecular weight excluding hydrogens is 283 g/mol. The summed E-state index contributed by atoms with van der Waals surface area (Å²) in [5.41, 5.74) is -0.00981. The summed E-state index contributed by atoms with van der Waals surface area (Å²) in [5.74, 6) is 0.0358. The lowest BCUT2D eigenvalue weighted by Crippen LogP contribution is -2.30. The Labute approximate surface area is 128 Å². The van der Waals surface area contributed by atoms with Gasteiger partial charge in [0.2, 0.25) is 0 Å². The second-order valence-corrected chi connectivity index (χ2v) is 5.26. The Balaban J connectivity index is 1.68. The summed E-state index contributed by atoms with van der Waals surface area (Å²) < 4.78 is 13.5. The summed E-state index contributed by atoms with van der Waals surface area (Å²) in [4.78, 5) is 14.2. The molecule has 1 aromatic heterocycles. The van der Waals surface area contributed by atoms with Gasteiger partial charge in [-0.25, -0.2) is 4.39 Å². The van der Waals surface area contributed by atoms with Gasteiger partial charge in [-0.15, -0.1) is 10.2 Å². The molecule has 0 spiro atoms. The molecule has 1 aromatic carbocycles. The molecule has 2 aromatic rings. The molecule has 114 valence electrons. The fourth-order valence-corrected chi connectivity index (χ4v) is 2.51. The average Bonchev–Trinajstić information content (AvgIpc) is 2.57. The van der Waals surface area contributed by atoms with E-state index in [0.717, 1.165) is 31.7 Å². The van der Waals surface area contributed by atoms with Crippen molar-refractivity contribution in [2.45, 2.75) is 19.3 Å². The van der Waals surface area contributed by atoms with Crippen LogP contribution < -0.4 is 10.2 Å². The van der Waals surface area contributed by atoms with Gasteiger partial charge in [0.15, 0.2) is 11.6 Å². The second-order valence-electron chi connectivity index (χ2n) is 5.26. The summed E-state index contributed by atoms with van der Waals surface area (Å²) in [6, 6.07) is 9.35. The molecule has 5 nitrogen and oxygen atoms in total. The van der Waals surface area contributed by atoms with Crippen molar-refractivity contribution in [3.63, 3.8) is 0 Å². The summed E-state index contributed by atoms with van der Waals surface area (Å²) in [6.07, 6.45) is 3.57. The molecule has 2 heterocycles. The molecule has 0 unspecified atom stereocenters. The number of carbonyl (C=O) groups is 1. The van der Waals surface area contributed by atoms with Gasteiger partial charge < -0.3 is 10.2 Å². The largest absolute Gasteiger partial charge is 0.355 e. The number of nitrogens with zero attached hydrogens (tertiary/aromatic N) is 3. The van der Waals surface area contributed by atoms with Crippen LogP contribution in [0.2, 0.25) is 0 Å². The first-order valence-electron chi connectivity index (χ1n) is 7.38. The van der Waals surface area contributed by atoms with E-state index >= 15 is 0 Å². The molecular formula is C16H17FN4O. The van der Waals surface area contributed by atoms with E-state index in [1.54, 1.807) is 18.2 Å². The Morgan fingerprint density at radius 1 is 1.05 bits per heavy atom. The number of benzene rings is 1. The van der Waals surface area contributed by atoms with Crippen molar-refractivity contribution in [2.24, 2.45) is 0 Å². The highest BCUT2D eigenvalue weighted by atomic mass is 19.1. The first kappa shape index (κ1) is 14.4. The first-order chi connectivity index (χ1) is 10.7. The van der Waals surface area contributed by atoms with Gasteiger partial charge in [0.25, 0.3) is 5.91 Å². The minimum Gasteiger partial charge on any atom is -0.355 e. The minimum absolute atomic E-state index is 0.00981. The molecule has 1 aliphatic rings. The number of hydrogen-bond donors (Lipinski definition) is 1. The lowest BCUT2D eigenvalue weighted by Gasteiger charge is -2.27. The summed E-state index contributed by atoms with van der Waals surface area (Å²) in [5, 5.41) is 10.7. The molecule has 22 heavy (non-hydrogen) atoms. The van der Waals surface area contributed by atoms with Crippen molar-refractivity contribution in [1.82, 2.24) is 10.2 Å². The van der Waals surface area contributed by atoms with Crippen LogP contribution in [-0.4, -0.2) is 29.2 Å². The SMILES string of the molecule is O=C(Nc1ccc(N2CCCCC2)nn1)c1ccccc1F. The van der Waals surface area contributed by atoms with Crippen LogP contribution in [0.25, 0.3) is 0 Å². The highest BCUT2D eigenvalue weighted by Crippen LogP contribution is 2.18. The third-order valence-electron chi connectivity index (χ3n) is 3.69. The van der Waals surface area contributed by atoms with Crippen molar-refractivity contribution >= 4 is 17.5 Å². The van der Waals surface area contributed by atoms with E-state index in [4.69, 9.17) is 0 Å². The highest BCUT2D eigenvalue weighted by molar-refractivity contribution is 6.03. The molecule has 0 atom stereocenters. The Kier molecular flexibility index (Phi) is 4.27. The number of hydrogen-bond acceptors (Lipinski definition) is 4. The molecule has 0 bridgehead atoms. The number of anilines is 2. The van der Waals surface area contributed by atoms with E-state index < -0.39 is 11.7 Å². The Bertz CT molecular complexity index is 653. The molecule has 3 rings (SSSR count). The van der Waals surface area contributed by atoms with Crippen molar-refractivity contribution < 1.29 is 9.18 Å². The van der Waals surface area contributed by atoms with Crippen molar-refractivity contribution in [1.29, 1.82) is 0 Å². The van der Waals surface area contributed by atoms with Gasteiger partial charge in [-0.1, -0.05) is 12.1 Å². The van der Waals surface area contributed by atoms with Crippen molar-refractivity contribution in [3.8, 4) is 0 Å². The van der Waals surface area contributed by atoms with Crippen LogP contribution >= 0.6 is 0 Å². The zero-order valence-electron chi connectivity index (χ0n) is 12.1. The van der Waals surface area contributed by atoms with Crippen molar-refractivity contribution in [2.75, 3.05) is 23.3 Å². The number of piperidine rings is 1. The molecule has 0 radical (unpaired) electrons. The third kappa shape index (κ3) is 3.21. The molecule has 0 aliphatic carbocycles. The molecule has 6 heteroatoms. The van der Waals surface area contributed by atoms with Gasteiger partial charge in [-0.2, -0.15) is 0 Å². The van der Waals surface area contributed by atoms with Crippen LogP contribution in [0.4, 0.5) is 16.0 Å². The van der Waals surface area contributed by atoms with Gasteiger partial charge in [0.05, 0.1) is 5.56 Å². The van der Waals surface area contributed by atoms with Gasteiger partial charge in [0, 0.05) is 13.1 Å². The third-order valence-corrected chi connectivity index (χ3v) is 3.69. The van der Waals surface area contributed by atoms with Crippen LogP contribution in [0.1, 0.15) is 29.6 Å². The van der Waals surface area contributed by atoms with E-state index in [1.165, 1.54) is 18.6 Å². The number of halogens is 1. The number of nitrogens with one attached hydrogen (secondary N) is 1. The number of rotatable bonds is 3. The van der Waals surface area contributed by atoms with Gasteiger partial charge in [-0.3, -0.25) is 4.79 Å². The summed E-state index contributed by atoms with van der Waals surface area (Å²) in [6.45, 7) is 1.96. The predicted molar refractivity (Wildman–Crippen MR) is 82.4 cm³/mol. The van der Waals surface area contributed by atoms with Crippen molar-refractivity contribution in [3.05, 3.63) is 47.8 Å². The Morgan fingerprint density at radius 2 is 1.82 bits per heavy atom. The Hall–Kier alpha value is -2.50. The molecule has 1 amide bonds. The van der Waals surface area contributed by atoms with E-state index in [9.17, 15) is 9.18 Å². The number of carbonyl (C=O) groups excluding carboxylic acids is 1. The predicted octanol–water partition coefficient (Wildman–Crippen LogP) is 2.86. The number of aromatic nitrogens is 2. The monoisotopic (exact) mass is 300 g/mol. The maximum atomic E-state index is 13.5. The normalized spacial score (nSPS) is 14.7. The topological polar surface area (TPSA) is 58.1 Å². The minimum atomic E-state index is -0.558. The van der Waals surface area contributed by atoms with Gasteiger partial charge in [-0.05, 0) is 43.5 Å².